The Labute approximate surface area is 228 Å². The van der Waals surface area contributed by atoms with Crippen molar-refractivity contribution in [2.24, 2.45) is 0 Å². The molecule has 0 unspecified atom stereocenters. The third-order valence-corrected chi connectivity index (χ3v) is 7.71. The minimum absolute atomic E-state index is 0.930. The van der Waals surface area contributed by atoms with Gasteiger partial charge in [0.25, 0.3) is 0 Å². The molecule has 0 saturated carbocycles. The van der Waals surface area contributed by atoms with Crippen LogP contribution in [0, 0.1) is 0 Å². The van der Waals surface area contributed by atoms with Crippen molar-refractivity contribution in [3.05, 3.63) is 102 Å². The smallest absolute Gasteiger partial charge is 0.0490 e. The molecule has 1 fully saturated rings. The van der Waals surface area contributed by atoms with Crippen LogP contribution in [0.4, 0.5) is 0 Å². The van der Waals surface area contributed by atoms with Gasteiger partial charge in [-0.3, -0.25) is 0 Å². The second-order valence-corrected chi connectivity index (χ2v) is 10.0. The topological polar surface area (TPSA) is 23.4 Å². The minimum atomic E-state index is 0.930. The molecule has 198 valence electrons. The number of nitrogens with zero attached hydrogens (tertiary/aromatic N) is 3. The van der Waals surface area contributed by atoms with E-state index in [0.717, 1.165) is 45.7 Å². The Bertz CT molecular complexity index is 1370. The molecule has 3 heterocycles. The highest BCUT2D eigenvalue weighted by Gasteiger charge is 2.31. The second kappa shape index (κ2) is 12.5. The van der Waals surface area contributed by atoms with E-state index in [-0.39, 0.29) is 0 Å². The molecule has 0 bridgehead atoms. The summed E-state index contributed by atoms with van der Waals surface area (Å²) in [5, 5.41) is 10.1. The van der Waals surface area contributed by atoms with Crippen LogP contribution in [0.3, 0.4) is 0 Å². The van der Waals surface area contributed by atoms with Gasteiger partial charge in [0.05, 0.1) is 0 Å². The number of para-hydroxylation sites is 1. The molecule has 0 radical (unpaired) electrons. The van der Waals surface area contributed by atoms with Crippen LogP contribution in [-0.4, -0.2) is 40.8 Å². The van der Waals surface area contributed by atoms with E-state index in [9.17, 15) is 0 Å². The van der Waals surface area contributed by atoms with Gasteiger partial charge in [0.1, 0.15) is 0 Å². The van der Waals surface area contributed by atoms with Gasteiger partial charge in [-0.2, -0.15) is 0 Å². The average molecular weight is 507 g/mol. The van der Waals surface area contributed by atoms with Crippen LogP contribution in [0.2, 0.25) is 0 Å². The lowest BCUT2D eigenvalue weighted by atomic mass is 9.94. The number of hydrogen-bond donors (Lipinski definition) is 1. The van der Waals surface area contributed by atoms with Crippen LogP contribution in [0.5, 0.6) is 0 Å². The number of aryl methyl sites for hydroxylation is 1. The molecule has 6 rings (SSSR count). The van der Waals surface area contributed by atoms with Gasteiger partial charge >= 0.3 is 0 Å². The molecular formula is C34H42N4. The fourth-order valence-electron chi connectivity index (χ4n) is 5.72. The Balaban J connectivity index is 0.00000144. The predicted octanol–water partition coefficient (Wildman–Crippen LogP) is 7.57. The lowest BCUT2D eigenvalue weighted by Gasteiger charge is -2.48. The maximum absolute atomic E-state index is 3.64. The third kappa shape index (κ3) is 5.43. The highest BCUT2D eigenvalue weighted by atomic mass is 15.7. The van der Waals surface area contributed by atoms with E-state index in [2.05, 4.69) is 112 Å². The summed E-state index contributed by atoms with van der Waals surface area (Å²) in [6, 6.07) is 28.7. The average Bonchev–Trinajstić information content (AvgIpc) is 3.33. The van der Waals surface area contributed by atoms with Crippen LogP contribution in [0.15, 0.2) is 90.8 Å². The Morgan fingerprint density at radius 3 is 2.37 bits per heavy atom. The molecule has 1 aromatic heterocycles. The summed E-state index contributed by atoms with van der Waals surface area (Å²) in [5.41, 5.74) is 9.65. The number of nitrogens with one attached hydrogen (secondary N) is 1. The van der Waals surface area contributed by atoms with E-state index < -0.39 is 0 Å². The monoisotopic (exact) mass is 506 g/mol. The van der Waals surface area contributed by atoms with Crippen molar-refractivity contribution in [3.63, 3.8) is 0 Å². The molecule has 1 N–H and O–H groups in total. The first-order chi connectivity index (χ1) is 18.8. The van der Waals surface area contributed by atoms with Crippen molar-refractivity contribution in [3.8, 4) is 11.1 Å². The number of rotatable bonds is 8. The van der Waals surface area contributed by atoms with Crippen molar-refractivity contribution < 1.29 is 0 Å². The van der Waals surface area contributed by atoms with Crippen molar-refractivity contribution in [2.45, 2.75) is 53.1 Å². The number of aromatic nitrogens is 1. The fraction of sp³-hybridized carbons (Fsp3) is 0.353. The first kappa shape index (κ1) is 26.3. The van der Waals surface area contributed by atoms with Gasteiger partial charge < -0.3 is 14.9 Å². The fourth-order valence-corrected chi connectivity index (χ4v) is 5.72. The Hall–Kier alpha value is -3.34. The molecule has 4 aromatic rings. The van der Waals surface area contributed by atoms with Crippen LogP contribution in [0.25, 0.3) is 27.6 Å². The highest BCUT2D eigenvalue weighted by Crippen LogP contribution is 2.34. The van der Waals surface area contributed by atoms with E-state index in [1.807, 2.05) is 13.8 Å². The molecule has 0 amide bonds. The van der Waals surface area contributed by atoms with E-state index in [0.29, 0.717) is 0 Å². The molecule has 0 aliphatic carbocycles. The van der Waals surface area contributed by atoms with Gasteiger partial charge in [-0.25, -0.2) is 5.01 Å². The highest BCUT2D eigenvalue weighted by molar-refractivity contribution is 5.84. The van der Waals surface area contributed by atoms with Crippen LogP contribution in [0.1, 0.15) is 51.2 Å². The summed E-state index contributed by atoms with van der Waals surface area (Å²) in [4.78, 5) is 0. The maximum atomic E-state index is 3.64. The molecular weight excluding hydrogens is 464 g/mol. The van der Waals surface area contributed by atoms with E-state index in [4.69, 9.17) is 0 Å². The summed E-state index contributed by atoms with van der Waals surface area (Å²) >= 11 is 0. The standard InChI is InChI=1S/C32H36N4.C2H6/c1-2-3-18-34-23-28(29-14-7-8-15-31(29)34)24-35-19-20-36(35)32-22-33-17-16-30(32)27-13-9-12-26(21-27)25-10-5-4-6-11-25;1-2/h4-15,21,23,33H,2-3,16-20,22,24H2,1H3;1-2H3. The van der Waals surface area contributed by atoms with Crippen molar-refractivity contribution >= 4 is 16.5 Å². The maximum Gasteiger partial charge on any atom is 0.0490 e. The lowest BCUT2D eigenvalue weighted by Crippen LogP contribution is -2.57. The minimum Gasteiger partial charge on any atom is -0.347 e. The molecule has 3 aromatic carbocycles. The first-order valence-corrected chi connectivity index (χ1v) is 14.5. The zero-order valence-electron chi connectivity index (χ0n) is 23.3. The Kier molecular flexibility index (Phi) is 8.62. The van der Waals surface area contributed by atoms with Gasteiger partial charge in [0.15, 0.2) is 0 Å². The quantitative estimate of drug-likeness (QED) is 0.267. The zero-order chi connectivity index (χ0) is 26.3. The molecule has 1 saturated heterocycles. The van der Waals surface area contributed by atoms with Gasteiger partial charge in [-0.15, -0.1) is 0 Å². The first-order valence-electron chi connectivity index (χ1n) is 14.5. The Morgan fingerprint density at radius 2 is 1.58 bits per heavy atom. The largest absolute Gasteiger partial charge is 0.347 e. The lowest BCUT2D eigenvalue weighted by molar-refractivity contribution is -0.0895. The summed E-state index contributed by atoms with van der Waals surface area (Å²) in [7, 11) is 0. The van der Waals surface area contributed by atoms with Crippen molar-refractivity contribution in [2.75, 3.05) is 26.2 Å². The van der Waals surface area contributed by atoms with Crippen LogP contribution >= 0.6 is 0 Å². The summed E-state index contributed by atoms with van der Waals surface area (Å²) in [6.45, 7) is 12.5. The van der Waals surface area contributed by atoms with E-state index in [1.54, 1.807) is 0 Å². The third-order valence-electron chi connectivity index (χ3n) is 7.71. The Morgan fingerprint density at radius 1 is 0.816 bits per heavy atom. The molecule has 2 aliphatic rings. The van der Waals surface area contributed by atoms with Gasteiger partial charge in [0.2, 0.25) is 0 Å². The van der Waals surface area contributed by atoms with Gasteiger partial charge in [0, 0.05) is 55.5 Å². The molecule has 4 nitrogen and oxygen atoms in total. The SMILES string of the molecule is CC.CCCCn1cc(CN2CCN2C2=C(c3cccc(-c4ccccc4)c3)CCNC2)c2ccccc21. The van der Waals surface area contributed by atoms with Crippen molar-refractivity contribution in [1.82, 2.24) is 19.9 Å². The number of hydrogen-bond acceptors (Lipinski definition) is 3. The predicted molar refractivity (Wildman–Crippen MR) is 162 cm³/mol. The molecule has 0 spiro atoms. The summed E-state index contributed by atoms with van der Waals surface area (Å²) in [6.07, 6.45) is 5.90. The summed E-state index contributed by atoms with van der Waals surface area (Å²) in [5.74, 6) is 0. The number of unbranched alkanes of at least 4 members (excludes halogenated alkanes) is 1. The second-order valence-electron chi connectivity index (χ2n) is 10.0. The zero-order valence-corrected chi connectivity index (χ0v) is 23.3. The molecule has 2 aliphatic heterocycles. The number of benzene rings is 3. The van der Waals surface area contributed by atoms with E-state index >= 15 is 0 Å². The molecule has 0 atom stereocenters. The number of fused-ring (bicyclic) bond motifs is 1. The molecule has 38 heavy (non-hydrogen) atoms. The summed E-state index contributed by atoms with van der Waals surface area (Å²) < 4.78 is 2.46. The number of hydrazine groups is 1. The van der Waals surface area contributed by atoms with E-state index in [1.165, 1.54) is 57.3 Å². The van der Waals surface area contributed by atoms with Crippen LogP contribution < -0.4 is 5.32 Å². The normalized spacial score (nSPS) is 15.8. The van der Waals surface area contributed by atoms with Gasteiger partial charge in [-0.05, 0) is 59.3 Å². The van der Waals surface area contributed by atoms with Crippen molar-refractivity contribution in [1.29, 1.82) is 0 Å². The van der Waals surface area contributed by atoms with Gasteiger partial charge in [-0.1, -0.05) is 93.9 Å². The van der Waals surface area contributed by atoms with Crippen LogP contribution in [-0.2, 0) is 13.1 Å². The molecule has 4 heteroatoms.